The number of furan rings is 2. The summed E-state index contributed by atoms with van der Waals surface area (Å²) in [6, 6.07) is 31.8. The van der Waals surface area contributed by atoms with Gasteiger partial charge in [0.25, 0.3) is 0 Å². The van der Waals surface area contributed by atoms with Crippen LogP contribution in [0.15, 0.2) is 129 Å². The first-order valence-electron chi connectivity index (χ1n) is 14.2. The highest BCUT2D eigenvalue weighted by Crippen LogP contribution is 2.43. The van der Waals surface area contributed by atoms with E-state index in [-0.39, 0.29) is 5.92 Å². The van der Waals surface area contributed by atoms with Gasteiger partial charge in [-0.25, -0.2) is 0 Å². The number of benzene rings is 5. The number of hydrogen-bond donors (Lipinski definition) is 0. The van der Waals surface area contributed by atoms with Gasteiger partial charge in [0, 0.05) is 38.4 Å². The molecule has 0 aliphatic heterocycles. The molecule has 9 aromatic rings. The van der Waals surface area contributed by atoms with E-state index in [4.69, 9.17) is 18.2 Å². The Bertz CT molecular complexity index is 2620. The van der Waals surface area contributed by atoms with Gasteiger partial charge in [0.05, 0.1) is 16.4 Å². The largest absolute Gasteiger partial charge is 0.456 e. The number of aromatic nitrogens is 2. The molecule has 1 atom stereocenters. The van der Waals surface area contributed by atoms with Gasteiger partial charge >= 0.3 is 6.01 Å². The molecule has 5 heteroatoms. The summed E-state index contributed by atoms with van der Waals surface area (Å²) in [4.78, 5) is 5.26. The number of fused-ring (bicyclic) bond motifs is 11. The number of oxazole rings is 1. The van der Waals surface area contributed by atoms with Crippen LogP contribution in [-0.2, 0) is 0 Å². The lowest BCUT2D eigenvalue weighted by Gasteiger charge is -2.13. The van der Waals surface area contributed by atoms with Crippen molar-refractivity contribution < 1.29 is 13.3 Å². The highest BCUT2D eigenvalue weighted by Gasteiger charge is 2.25. The Morgan fingerprint density at radius 2 is 1.38 bits per heavy atom. The summed E-state index contributed by atoms with van der Waals surface area (Å²) in [5.74, 6) is 0.172. The molecule has 5 aromatic carbocycles. The van der Waals surface area contributed by atoms with E-state index in [0.29, 0.717) is 6.01 Å². The predicted octanol–water partition coefficient (Wildman–Crippen LogP) is 10.3. The van der Waals surface area contributed by atoms with Crippen molar-refractivity contribution in [1.82, 2.24) is 9.55 Å². The lowest BCUT2D eigenvalue weighted by Crippen LogP contribution is -1.97. The Hall–Kier alpha value is -5.55. The lowest BCUT2D eigenvalue weighted by molar-refractivity contribution is 0.568. The molecule has 4 heterocycles. The summed E-state index contributed by atoms with van der Waals surface area (Å²) in [6.07, 6.45) is 9.52. The fraction of sp³-hybridized carbons (Fsp3) is 0.0541. The predicted molar refractivity (Wildman–Crippen MR) is 169 cm³/mol. The van der Waals surface area contributed by atoms with E-state index in [1.807, 2.05) is 30.3 Å². The van der Waals surface area contributed by atoms with Crippen LogP contribution in [0.3, 0.4) is 0 Å². The van der Waals surface area contributed by atoms with Crippen molar-refractivity contribution in [2.24, 2.45) is 0 Å². The second-order valence-corrected chi connectivity index (χ2v) is 11.1. The summed E-state index contributed by atoms with van der Waals surface area (Å²) in [7, 11) is 0. The number of allylic oxidation sites excluding steroid dienone is 4. The summed E-state index contributed by atoms with van der Waals surface area (Å²) in [5, 5.41) is 6.40. The first-order chi connectivity index (χ1) is 20.8. The highest BCUT2D eigenvalue weighted by molar-refractivity contribution is 6.19. The van der Waals surface area contributed by atoms with Gasteiger partial charge < -0.3 is 13.3 Å². The summed E-state index contributed by atoms with van der Waals surface area (Å²) in [6.45, 7) is 0. The zero-order valence-corrected chi connectivity index (χ0v) is 22.4. The molecule has 5 nitrogen and oxygen atoms in total. The Labute approximate surface area is 238 Å². The molecular formula is C37H22N2O3. The van der Waals surface area contributed by atoms with Gasteiger partial charge in [-0.3, -0.25) is 4.57 Å². The van der Waals surface area contributed by atoms with Crippen LogP contribution in [0.25, 0.3) is 82.8 Å². The fourth-order valence-electron chi connectivity index (χ4n) is 6.87. The van der Waals surface area contributed by atoms with E-state index in [9.17, 15) is 0 Å². The average molecular weight is 543 g/mol. The maximum atomic E-state index is 6.85. The second kappa shape index (κ2) is 8.02. The van der Waals surface area contributed by atoms with Crippen LogP contribution in [0.1, 0.15) is 17.9 Å². The van der Waals surface area contributed by atoms with Crippen molar-refractivity contribution in [2.75, 3.05) is 0 Å². The Balaban J connectivity index is 1.34. The van der Waals surface area contributed by atoms with Crippen molar-refractivity contribution in [3.8, 4) is 6.01 Å². The monoisotopic (exact) mass is 542 g/mol. The standard InChI is InChI=1S/C37H22N2O3/c1-2-10-21(11-3-1)25-19-33-34(24-14-6-9-17-31(24)41-33)35-36(25)42-37(38-35)39-28-15-7-4-12-22(28)26-20-32-27(18-29(26)39)23-13-5-8-16-30(23)40-32/h1-10,12-21H,11H2. The molecule has 0 saturated heterocycles. The molecule has 0 N–H and O–H groups in total. The third kappa shape index (κ3) is 2.89. The van der Waals surface area contributed by atoms with Crippen molar-refractivity contribution in [1.29, 1.82) is 0 Å². The normalized spacial score (nSPS) is 15.6. The van der Waals surface area contributed by atoms with Gasteiger partial charge in [0.2, 0.25) is 0 Å². The molecule has 1 aliphatic carbocycles. The molecule has 0 bridgehead atoms. The smallest absolute Gasteiger partial charge is 0.307 e. The molecule has 10 rings (SSSR count). The lowest BCUT2D eigenvalue weighted by atomic mass is 9.91. The zero-order valence-electron chi connectivity index (χ0n) is 22.4. The third-order valence-electron chi connectivity index (χ3n) is 8.77. The molecule has 0 radical (unpaired) electrons. The van der Waals surface area contributed by atoms with Crippen molar-refractivity contribution in [2.45, 2.75) is 12.3 Å². The average Bonchev–Trinajstić information content (AvgIpc) is 3.79. The molecule has 0 fully saturated rings. The molecule has 42 heavy (non-hydrogen) atoms. The van der Waals surface area contributed by atoms with Crippen molar-refractivity contribution >= 4 is 76.8 Å². The van der Waals surface area contributed by atoms with E-state index in [1.165, 1.54) is 0 Å². The van der Waals surface area contributed by atoms with Crippen LogP contribution in [-0.4, -0.2) is 9.55 Å². The van der Waals surface area contributed by atoms with Crippen LogP contribution in [0.5, 0.6) is 0 Å². The summed E-state index contributed by atoms with van der Waals surface area (Å²) in [5.41, 5.74) is 8.20. The highest BCUT2D eigenvalue weighted by atomic mass is 16.4. The third-order valence-corrected chi connectivity index (χ3v) is 8.77. The second-order valence-electron chi connectivity index (χ2n) is 11.1. The minimum absolute atomic E-state index is 0.172. The molecule has 198 valence electrons. The summed E-state index contributed by atoms with van der Waals surface area (Å²) >= 11 is 0. The van der Waals surface area contributed by atoms with Crippen LogP contribution in [0, 0.1) is 0 Å². The number of nitrogens with zero attached hydrogens (tertiary/aromatic N) is 2. The number of rotatable bonds is 2. The first kappa shape index (κ1) is 22.2. The van der Waals surface area contributed by atoms with Gasteiger partial charge in [-0.15, -0.1) is 0 Å². The Morgan fingerprint density at radius 3 is 2.24 bits per heavy atom. The maximum Gasteiger partial charge on any atom is 0.307 e. The van der Waals surface area contributed by atoms with E-state index in [0.717, 1.165) is 88.8 Å². The van der Waals surface area contributed by atoms with Crippen LogP contribution >= 0.6 is 0 Å². The van der Waals surface area contributed by atoms with Crippen LogP contribution in [0.2, 0.25) is 0 Å². The molecule has 0 amide bonds. The quantitative estimate of drug-likeness (QED) is 0.218. The topological polar surface area (TPSA) is 57.2 Å². The van der Waals surface area contributed by atoms with E-state index in [2.05, 4.69) is 89.5 Å². The van der Waals surface area contributed by atoms with Crippen LogP contribution in [0.4, 0.5) is 0 Å². The molecule has 0 spiro atoms. The molecule has 0 saturated carbocycles. The SMILES string of the molecule is C1=CCC(c2cc3oc4ccccc4c3c3nc(-n4c5ccccc5c5cc6oc7ccccc7c6cc54)oc23)C=C1. The molecular weight excluding hydrogens is 520 g/mol. The van der Waals surface area contributed by atoms with E-state index in [1.54, 1.807) is 0 Å². The fourth-order valence-corrected chi connectivity index (χ4v) is 6.87. The van der Waals surface area contributed by atoms with Gasteiger partial charge in [0.1, 0.15) is 27.8 Å². The Morgan fingerprint density at radius 1 is 0.619 bits per heavy atom. The van der Waals surface area contributed by atoms with E-state index >= 15 is 0 Å². The van der Waals surface area contributed by atoms with Crippen LogP contribution < -0.4 is 0 Å². The molecule has 1 aliphatic rings. The summed E-state index contributed by atoms with van der Waals surface area (Å²) < 4.78 is 21.6. The zero-order chi connectivity index (χ0) is 27.4. The van der Waals surface area contributed by atoms with E-state index < -0.39 is 0 Å². The van der Waals surface area contributed by atoms with Gasteiger partial charge in [-0.1, -0.05) is 78.9 Å². The van der Waals surface area contributed by atoms with Gasteiger partial charge in [-0.2, -0.15) is 4.98 Å². The van der Waals surface area contributed by atoms with Crippen molar-refractivity contribution in [3.05, 3.63) is 121 Å². The number of hydrogen-bond acceptors (Lipinski definition) is 4. The van der Waals surface area contributed by atoms with Gasteiger partial charge in [0.15, 0.2) is 5.58 Å². The van der Waals surface area contributed by atoms with Crippen molar-refractivity contribution in [3.63, 3.8) is 0 Å². The maximum absolute atomic E-state index is 6.85. The Kier molecular flexibility index (Phi) is 4.23. The van der Waals surface area contributed by atoms with Gasteiger partial charge in [-0.05, 0) is 42.8 Å². The minimum Gasteiger partial charge on any atom is -0.456 e. The minimum atomic E-state index is 0.172. The molecule has 4 aromatic heterocycles. The first-order valence-corrected chi connectivity index (χ1v) is 14.2. The number of para-hydroxylation sites is 3. The molecule has 1 unspecified atom stereocenters.